The third kappa shape index (κ3) is 3.95. The quantitative estimate of drug-likeness (QED) is 0.767. The summed E-state index contributed by atoms with van der Waals surface area (Å²) in [6, 6.07) is 0.725. The van der Waals surface area contributed by atoms with Gasteiger partial charge >= 0.3 is 0 Å². The van der Waals surface area contributed by atoms with E-state index in [9.17, 15) is 0 Å². The normalized spacial score (nSPS) is 14.8. The molecule has 1 fully saturated rings. The number of anilines is 1. The van der Waals surface area contributed by atoms with Crippen LogP contribution in [0.5, 0.6) is 0 Å². The molecular formula is C14H24N4. The summed E-state index contributed by atoms with van der Waals surface area (Å²) in [7, 11) is 0. The minimum absolute atomic E-state index is 0.725. The molecule has 1 N–H and O–H groups in total. The van der Waals surface area contributed by atoms with E-state index in [-0.39, 0.29) is 0 Å². The molecule has 0 radical (unpaired) electrons. The highest BCUT2D eigenvalue weighted by Crippen LogP contribution is 2.19. The first-order chi connectivity index (χ1) is 8.83. The van der Waals surface area contributed by atoms with Gasteiger partial charge in [0.05, 0.1) is 18.1 Å². The Morgan fingerprint density at radius 2 is 2.11 bits per heavy atom. The van der Waals surface area contributed by atoms with E-state index in [2.05, 4.69) is 34.0 Å². The van der Waals surface area contributed by atoms with Crippen LogP contribution >= 0.6 is 0 Å². The van der Waals surface area contributed by atoms with Crippen LogP contribution in [-0.2, 0) is 6.54 Å². The Morgan fingerprint density at radius 1 is 1.28 bits per heavy atom. The Kier molecular flexibility index (Phi) is 4.93. The van der Waals surface area contributed by atoms with Gasteiger partial charge in [-0.15, -0.1) is 0 Å². The fourth-order valence-electron chi connectivity index (χ4n) is 1.92. The molecule has 1 aliphatic carbocycles. The van der Waals surface area contributed by atoms with Crippen molar-refractivity contribution < 1.29 is 0 Å². The van der Waals surface area contributed by atoms with E-state index < -0.39 is 0 Å². The third-order valence-corrected chi connectivity index (χ3v) is 3.33. The lowest BCUT2D eigenvalue weighted by Gasteiger charge is -2.21. The number of aromatic nitrogens is 2. The SMILES string of the molecule is CCCCN(CC)c1cnc(CNC2CC2)cn1. The highest BCUT2D eigenvalue weighted by molar-refractivity contribution is 5.35. The van der Waals surface area contributed by atoms with Crippen LogP contribution in [0.4, 0.5) is 5.82 Å². The maximum Gasteiger partial charge on any atom is 0.147 e. The highest BCUT2D eigenvalue weighted by atomic mass is 15.2. The van der Waals surface area contributed by atoms with Crippen molar-refractivity contribution in [1.29, 1.82) is 0 Å². The standard InChI is InChI=1S/C14H24N4/c1-3-5-8-18(4-2)14-11-16-13(10-17-14)9-15-12-6-7-12/h10-12,15H,3-9H2,1-2H3. The van der Waals surface area contributed by atoms with Crippen LogP contribution in [0.2, 0.25) is 0 Å². The monoisotopic (exact) mass is 248 g/mol. The minimum atomic E-state index is 0.725. The molecule has 0 atom stereocenters. The van der Waals surface area contributed by atoms with E-state index in [4.69, 9.17) is 0 Å². The molecule has 0 saturated heterocycles. The van der Waals surface area contributed by atoms with Crippen molar-refractivity contribution in [1.82, 2.24) is 15.3 Å². The van der Waals surface area contributed by atoms with Gasteiger partial charge in [-0.05, 0) is 26.2 Å². The van der Waals surface area contributed by atoms with Crippen molar-refractivity contribution in [2.24, 2.45) is 0 Å². The number of hydrogen-bond donors (Lipinski definition) is 1. The lowest BCUT2D eigenvalue weighted by Crippen LogP contribution is -2.25. The second kappa shape index (κ2) is 6.69. The fourth-order valence-corrected chi connectivity index (χ4v) is 1.92. The zero-order valence-corrected chi connectivity index (χ0v) is 11.5. The van der Waals surface area contributed by atoms with E-state index in [1.165, 1.54) is 25.7 Å². The average molecular weight is 248 g/mol. The largest absolute Gasteiger partial charge is 0.356 e. The van der Waals surface area contributed by atoms with E-state index in [0.29, 0.717) is 0 Å². The molecule has 1 saturated carbocycles. The Bertz CT molecular complexity index is 345. The summed E-state index contributed by atoms with van der Waals surface area (Å²) in [5, 5.41) is 3.45. The van der Waals surface area contributed by atoms with E-state index >= 15 is 0 Å². The van der Waals surface area contributed by atoms with Crippen LogP contribution in [-0.4, -0.2) is 29.1 Å². The van der Waals surface area contributed by atoms with E-state index in [0.717, 1.165) is 37.2 Å². The zero-order chi connectivity index (χ0) is 12.8. The topological polar surface area (TPSA) is 41.1 Å². The van der Waals surface area contributed by atoms with Gasteiger partial charge in [0.1, 0.15) is 5.82 Å². The van der Waals surface area contributed by atoms with Gasteiger partial charge in [-0.2, -0.15) is 0 Å². The number of unbranched alkanes of at least 4 members (excludes halogenated alkanes) is 1. The van der Waals surface area contributed by atoms with Gasteiger partial charge in [0, 0.05) is 25.7 Å². The Balaban J connectivity index is 1.87. The lowest BCUT2D eigenvalue weighted by atomic mass is 10.3. The molecule has 18 heavy (non-hydrogen) atoms. The molecule has 2 rings (SSSR count). The molecule has 1 heterocycles. The Labute approximate surface area is 110 Å². The zero-order valence-electron chi connectivity index (χ0n) is 11.5. The third-order valence-electron chi connectivity index (χ3n) is 3.33. The number of hydrogen-bond acceptors (Lipinski definition) is 4. The van der Waals surface area contributed by atoms with Gasteiger partial charge < -0.3 is 10.2 Å². The van der Waals surface area contributed by atoms with Crippen LogP contribution < -0.4 is 10.2 Å². The second-order valence-corrected chi connectivity index (χ2v) is 4.95. The average Bonchev–Trinajstić information content (AvgIpc) is 3.23. The predicted octanol–water partition coefficient (Wildman–Crippen LogP) is 2.36. The van der Waals surface area contributed by atoms with Gasteiger partial charge in [-0.1, -0.05) is 13.3 Å². The van der Waals surface area contributed by atoms with Crippen LogP contribution in [0.25, 0.3) is 0 Å². The van der Waals surface area contributed by atoms with Crippen LogP contribution in [0.1, 0.15) is 45.2 Å². The van der Waals surface area contributed by atoms with Crippen LogP contribution in [0.15, 0.2) is 12.4 Å². The van der Waals surface area contributed by atoms with Crippen molar-refractivity contribution in [3.8, 4) is 0 Å². The summed E-state index contributed by atoms with van der Waals surface area (Å²) in [5.41, 5.74) is 1.04. The molecule has 4 heteroatoms. The molecule has 1 aliphatic rings. The highest BCUT2D eigenvalue weighted by Gasteiger charge is 2.20. The Morgan fingerprint density at radius 3 is 2.67 bits per heavy atom. The Hall–Kier alpha value is -1.16. The molecule has 0 bridgehead atoms. The first-order valence-electron chi connectivity index (χ1n) is 7.12. The molecule has 0 aromatic carbocycles. The molecule has 0 aliphatic heterocycles. The molecule has 0 spiro atoms. The summed E-state index contributed by atoms with van der Waals surface area (Å²) in [5.74, 6) is 1.00. The molecule has 1 aromatic rings. The van der Waals surface area contributed by atoms with Crippen molar-refractivity contribution in [3.05, 3.63) is 18.1 Å². The molecule has 0 unspecified atom stereocenters. The summed E-state index contributed by atoms with van der Waals surface area (Å²) < 4.78 is 0. The molecule has 100 valence electrons. The van der Waals surface area contributed by atoms with E-state index in [1.54, 1.807) is 0 Å². The van der Waals surface area contributed by atoms with Gasteiger partial charge in [0.15, 0.2) is 0 Å². The first-order valence-corrected chi connectivity index (χ1v) is 7.12. The van der Waals surface area contributed by atoms with Crippen molar-refractivity contribution in [2.45, 2.75) is 52.1 Å². The maximum atomic E-state index is 4.52. The van der Waals surface area contributed by atoms with E-state index in [1.807, 2.05) is 12.4 Å². The maximum absolute atomic E-state index is 4.52. The summed E-state index contributed by atoms with van der Waals surface area (Å²) in [4.78, 5) is 11.3. The number of nitrogens with zero attached hydrogens (tertiary/aromatic N) is 3. The predicted molar refractivity (Wildman–Crippen MR) is 74.7 cm³/mol. The van der Waals surface area contributed by atoms with Crippen LogP contribution in [0.3, 0.4) is 0 Å². The summed E-state index contributed by atoms with van der Waals surface area (Å²) >= 11 is 0. The van der Waals surface area contributed by atoms with Gasteiger partial charge in [0.25, 0.3) is 0 Å². The lowest BCUT2D eigenvalue weighted by molar-refractivity contribution is 0.669. The van der Waals surface area contributed by atoms with Crippen molar-refractivity contribution >= 4 is 5.82 Å². The number of nitrogens with one attached hydrogen (secondary N) is 1. The molecule has 1 aromatic heterocycles. The molecule has 4 nitrogen and oxygen atoms in total. The molecular weight excluding hydrogens is 224 g/mol. The summed E-state index contributed by atoms with van der Waals surface area (Å²) in [6.07, 6.45) is 8.86. The number of rotatable bonds is 8. The molecule has 0 amide bonds. The van der Waals surface area contributed by atoms with Gasteiger partial charge in [0.2, 0.25) is 0 Å². The summed E-state index contributed by atoms with van der Waals surface area (Å²) in [6.45, 7) is 7.29. The van der Waals surface area contributed by atoms with Gasteiger partial charge in [-0.3, -0.25) is 4.98 Å². The second-order valence-electron chi connectivity index (χ2n) is 4.95. The first kappa shape index (κ1) is 13.3. The smallest absolute Gasteiger partial charge is 0.147 e. The van der Waals surface area contributed by atoms with Crippen molar-refractivity contribution in [2.75, 3.05) is 18.0 Å². The minimum Gasteiger partial charge on any atom is -0.356 e. The van der Waals surface area contributed by atoms with Crippen LogP contribution in [0, 0.1) is 0 Å². The fraction of sp³-hybridized carbons (Fsp3) is 0.714. The van der Waals surface area contributed by atoms with Gasteiger partial charge in [-0.25, -0.2) is 4.98 Å². The van der Waals surface area contributed by atoms with Crippen molar-refractivity contribution in [3.63, 3.8) is 0 Å².